The van der Waals surface area contributed by atoms with Crippen LogP contribution in [0.1, 0.15) is 35.3 Å². The molecule has 0 atom stereocenters. The van der Waals surface area contributed by atoms with E-state index >= 15 is 0 Å². The minimum absolute atomic E-state index is 0.201. The summed E-state index contributed by atoms with van der Waals surface area (Å²) in [5.41, 5.74) is 1.01. The standard InChI is InChI=1S/C9H13NO2S2/c1-6(2)9-10-7-3-4-14(11,12)5-8(7)13-9/h6H,3-5H2,1-2H3. The lowest BCUT2D eigenvalue weighted by molar-refractivity contribution is 0.591. The number of aryl methyl sites for hydroxylation is 1. The molecule has 0 N–H and O–H groups in total. The zero-order valence-corrected chi connectivity index (χ0v) is 9.91. The number of aromatic nitrogens is 1. The van der Waals surface area contributed by atoms with Crippen LogP contribution < -0.4 is 0 Å². The molecule has 0 radical (unpaired) electrons. The molecule has 5 heteroatoms. The first-order valence-electron chi connectivity index (χ1n) is 4.67. The third-order valence-electron chi connectivity index (χ3n) is 2.29. The number of fused-ring (bicyclic) bond motifs is 1. The van der Waals surface area contributed by atoms with Crippen molar-refractivity contribution in [2.75, 3.05) is 5.75 Å². The maximum atomic E-state index is 11.4. The Bertz CT molecular complexity index is 445. The maximum absolute atomic E-state index is 11.4. The molecule has 1 aromatic heterocycles. The Morgan fingerprint density at radius 3 is 2.79 bits per heavy atom. The van der Waals surface area contributed by atoms with Crippen molar-refractivity contribution in [2.45, 2.75) is 31.9 Å². The molecule has 0 amide bonds. The molecule has 14 heavy (non-hydrogen) atoms. The highest BCUT2D eigenvalue weighted by atomic mass is 32.2. The highest BCUT2D eigenvalue weighted by Gasteiger charge is 2.25. The summed E-state index contributed by atoms with van der Waals surface area (Å²) in [4.78, 5) is 5.43. The van der Waals surface area contributed by atoms with Gasteiger partial charge in [0.15, 0.2) is 9.84 Å². The lowest BCUT2D eigenvalue weighted by Gasteiger charge is -2.09. The van der Waals surface area contributed by atoms with Gasteiger partial charge in [-0.25, -0.2) is 13.4 Å². The van der Waals surface area contributed by atoms with Crippen molar-refractivity contribution in [3.05, 3.63) is 15.6 Å². The predicted molar refractivity (Wildman–Crippen MR) is 57.4 cm³/mol. The average molecular weight is 231 g/mol. The molecule has 0 saturated heterocycles. The first-order valence-corrected chi connectivity index (χ1v) is 7.30. The Labute approximate surface area is 88.1 Å². The van der Waals surface area contributed by atoms with Crippen LogP contribution in [0.15, 0.2) is 0 Å². The fourth-order valence-electron chi connectivity index (χ4n) is 1.48. The molecule has 0 fully saturated rings. The highest BCUT2D eigenvalue weighted by molar-refractivity contribution is 7.90. The lowest BCUT2D eigenvalue weighted by Crippen LogP contribution is -2.17. The van der Waals surface area contributed by atoms with Gasteiger partial charge in [0.05, 0.1) is 22.2 Å². The average Bonchev–Trinajstić information content (AvgIpc) is 2.45. The molecule has 78 valence electrons. The molecular formula is C9H13NO2S2. The van der Waals surface area contributed by atoms with Gasteiger partial charge in [0.1, 0.15) is 0 Å². The van der Waals surface area contributed by atoms with Crippen molar-refractivity contribution in [1.29, 1.82) is 0 Å². The fourth-order valence-corrected chi connectivity index (χ4v) is 4.38. The van der Waals surface area contributed by atoms with E-state index in [9.17, 15) is 8.42 Å². The van der Waals surface area contributed by atoms with Gasteiger partial charge in [0.2, 0.25) is 0 Å². The molecule has 0 spiro atoms. The van der Waals surface area contributed by atoms with Gasteiger partial charge in [-0.1, -0.05) is 13.8 Å². The summed E-state index contributed by atoms with van der Waals surface area (Å²) in [6.45, 7) is 4.16. The number of nitrogens with zero attached hydrogens (tertiary/aromatic N) is 1. The van der Waals surface area contributed by atoms with Crippen LogP contribution in [-0.4, -0.2) is 19.2 Å². The molecule has 3 nitrogen and oxygen atoms in total. The van der Waals surface area contributed by atoms with Crippen molar-refractivity contribution in [1.82, 2.24) is 4.98 Å². The number of rotatable bonds is 1. The minimum atomic E-state index is -2.84. The van der Waals surface area contributed by atoms with Gasteiger partial charge in [-0.2, -0.15) is 0 Å². The minimum Gasteiger partial charge on any atom is -0.246 e. The summed E-state index contributed by atoms with van der Waals surface area (Å²) in [7, 11) is -2.84. The van der Waals surface area contributed by atoms with Crippen molar-refractivity contribution in [3.63, 3.8) is 0 Å². The predicted octanol–water partition coefficient (Wildman–Crippen LogP) is 1.74. The van der Waals surface area contributed by atoms with Crippen molar-refractivity contribution in [3.8, 4) is 0 Å². The first-order chi connectivity index (χ1) is 6.48. The fraction of sp³-hybridized carbons (Fsp3) is 0.667. The van der Waals surface area contributed by atoms with E-state index in [2.05, 4.69) is 18.8 Å². The molecule has 2 rings (SSSR count). The smallest absolute Gasteiger partial charge is 0.155 e. The van der Waals surface area contributed by atoms with Gasteiger partial charge in [-0.3, -0.25) is 0 Å². The van der Waals surface area contributed by atoms with Gasteiger partial charge in [0, 0.05) is 17.2 Å². The molecule has 0 aliphatic carbocycles. The lowest BCUT2D eigenvalue weighted by atomic mass is 10.2. The SMILES string of the molecule is CC(C)c1nc2c(s1)CS(=O)(=O)CC2. The van der Waals surface area contributed by atoms with Crippen LogP contribution >= 0.6 is 11.3 Å². The molecule has 1 aliphatic rings. The molecule has 2 heterocycles. The van der Waals surface area contributed by atoms with E-state index in [-0.39, 0.29) is 11.5 Å². The van der Waals surface area contributed by atoms with Crippen molar-refractivity contribution >= 4 is 21.2 Å². The Morgan fingerprint density at radius 2 is 2.14 bits per heavy atom. The Kier molecular flexibility index (Phi) is 2.39. The van der Waals surface area contributed by atoms with Crippen LogP contribution in [0.25, 0.3) is 0 Å². The van der Waals surface area contributed by atoms with E-state index in [1.807, 2.05) is 0 Å². The second kappa shape index (κ2) is 3.31. The highest BCUT2D eigenvalue weighted by Crippen LogP contribution is 2.29. The van der Waals surface area contributed by atoms with Gasteiger partial charge in [-0.15, -0.1) is 11.3 Å². The van der Waals surface area contributed by atoms with Crippen molar-refractivity contribution < 1.29 is 8.42 Å². The molecule has 1 aromatic rings. The van der Waals surface area contributed by atoms with E-state index in [4.69, 9.17) is 0 Å². The summed E-state index contributed by atoms with van der Waals surface area (Å²) < 4.78 is 22.7. The molecule has 0 aromatic carbocycles. The van der Waals surface area contributed by atoms with Crippen LogP contribution in [0, 0.1) is 0 Å². The summed E-state index contributed by atoms with van der Waals surface area (Å²) in [5, 5.41) is 1.06. The maximum Gasteiger partial charge on any atom is 0.155 e. The second-order valence-electron chi connectivity index (χ2n) is 3.92. The van der Waals surface area contributed by atoms with E-state index in [0.717, 1.165) is 15.6 Å². The number of hydrogen-bond donors (Lipinski definition) is 0. The Morgan fingerprint density at radius 1 is 1.43 bits per heavy atom. The third kappa shape index (κ3) is 1.83. The monoisotopic (exact) mass is 231 g/mol. The quantitative estimate of drug-likeness (QED) is 0.739. The molecule has 1 aliphatic heterocycles. The molecule has 0 unspecified atom stereocenters. The van der Waals surface area contributed by atoms with E-state index < -0.39 is 9.84 Å². The third-order valence-corrected chi connectivity index (χ3v) is 5.43. The topological polar surface area (TPSA) is 47.0 Å². The molecular weight excluding hydrogens is 218 g/mol. The summed E-state index contributed by atoms with van der Waals surface area (Å²) in [5.74, 6) is 0.863. The zero-order valence-electron chi connectivity index (χ0n) is 8.28. The number of thiazole rings is 1. The van der Waals surface area contributed by atoms with Gasteiger partial charge in [-0.05, 0) is 0 Å². The largest absolute Gasteiger partial charge is 0.246 e. The summed E-state index contributed by atoms with van der Waals surface area (Å²) in [6, 6.07) is 0. The number of hydrogen-bond acceptors (Lipinski definition) is 4. The van der Waals surface area contributed by atoms with Crippen LogP contribution in [0.2, 0.25) is 0 Å². The number of sulfone groups is 1. The van der Waals surface area contributed by atoms with Crippen molar-refractivity contribution in [2.24, 2.45) is 0 Å². The van der Waals surface area contributed by atoms with E-state index in [1.54, 1.807) is 11.3 Å². The molecule has 0 saturated carbocycles. The Balaban J connectivity index is 2.39. The van der Waals surface area contributed by atoms with Gasteiger partial charge >= 0.3 is 0 Å². The van der Waals surface area contributed by atoms with E-state index in [0.29, 0.717) is 12.3 Å². The first kappa shape index (κ1) is 10.1. The van der Waals surface area contributed by atoms with Gasteiger partial charge < -0.3 is 0 Å². The normalized spacial score (nSPS) is 19.6. The van der Waals surface area contributed by atoms with E-state index in [1.165, 1.54) is 0 Å². The molecule has 0 bridgehead atoms. The second-order valence-corrected chi connectivity index (χ2v) is 7.22. The summed E-state index contributed by atoms with van der Waals surface area (Å²) in [6.07, 6.45) is 0.598. The van der Waals surface area contributed by atoms with Crippen LogP contribution in [0.4, 0.5) is 0 Å². The van der Waals surface area contributed by atoms with Crippen LogP contribution in [-0.2, 0) is 22.0 Å². The zero-order chi connectivity index (χ0) is 10.3. The van der Waals surface area contributed by atoms with Crippen LogP contribution in [0.5, 0.6) is 0 Å². The van der Waals surface area contributed by atoms with Gasteiger partial charge in [0.25, 0.3) is 0 Å². The summed E-state index contributed by atoms with van der Waals surface area (Å²) >= 11 is 1.56. The Hall–Kier alpha value is -0.420. The van der Waals surface area contributed by atoms with Crippen LogP contribution in [0.3, 0.4) is 0 Å².